The molecule has 5 heteroatoms. The van der Waals surface area contributed by atoms with E-state index < -0.39 is 0 Å². The van der Waals surface area contributed by atoms with E-state index in [-0.39, 0.29) is 12.4 Å². The molecule has 1 aliphatic rings. The van der Waals surface area contributed by atoms with Crippen LogP contribution in [-0.2, 0) is 12.8 Å². The Labute approximate surface area is 163 Å². The molecule has 144 valence electrons. The van der Waals surface area contributed by atoms with Crippen molar-refractivity contribution in [3.8, 4) is 11.4 Å². The second kappa shape index (κ2) is 11.3. The monoisotopic (exact) mass is 377 g/mol. The van der Waals surface area contributed by atoms with Crippen molar-refractivity contribution in [2.24, 2.45) is 0 Å². The average molecular weight is 378 g/mol. The zero-order valence-electron chi connectivity index (χ0n) is 15.9. The molecule has 1 aliphatic heterocycles. The molecule has 0 aliphatic carbocycles. The van der Waals surface area contributed by atoms with Gasteiger partial charge in [0.25, 0.3) is 0 Å². The SMILES string of the molecule is CCCCCCCCc1ccc(-c2noc(C[C@@H]3CCCN3)n2)cc1.Cl. The van der Waals surface area contributed by atoms with Crippen molar-refractivity contribution in [2.45, 2.75) is 77.2 Å². The fourth-order valence-electron chi connectivity index (χ4n) is 3.53. The third-order valence-electron chi connectivity index (χ3n) is 5.08. The summed E-state index contributed by atoms with van der Waals surface area (Å²) in [6, 6.07) is 9.14. The maximum Gasteiger partial charge on any atom is 0.228 e. The van der Waals surface area contributed by atoms with Gasteiger partial charge in [-0.05, 0) is 37.8 Å². The molecule has 26 heavy (non-hydrogen) atoms. The van der Waals surface area contributed by atoms with Gasteiger partial charge in [0.15, 0.2) is 0 Å². The summed E-state index contributed by atoms with van der Waals surface area (Å²) in [6.07, 6.45) is 12.5. The minimum absolute atomic E-state index is 0. The first-order valence-corrected chi connectivity index (χ1v) is 10.0. The Hall–Kier alpha value is -1.39. The molecule has 0 amide bonds. The van der Waals surface area contributed by atoms with Crippen molar-refractivity contribution in [2.75, 3.05) is 6.54 Å². The normalized spacial score (nSPS) is 16.6. The van der Waals surface area contributed by atoms with E-state index >= 15 is 0 Å². The fourth-order valence-corrected chi connectivity index (χ4v) is 3.53. The zero-order valence-corrected chi connectivity index (χ0v) is 16.7. The molecule has 4 nitrogen and oxygen atoms in total. The molecule has 1 fully saturated rings. The van der Waals surface area contributed by atoms with E-state index in [4.69, 9.17) is 4.52 Å². The van der Waals surface area contributed by atoms with Crippen molar-refractivity contribution < 1.29 is 4.52 Å². The van der Waals surface area contributed by atoms with Crippen molar-refractivity contribution in [1.82, 2.24) is 15.5 Å². The van der Waals surface area contributed by atoms with Gasteiger partial charge in [0.2, 0.25) is 11.7 Å². The summed E-state index contributed by atoms with van der Waals surface area (Å²) in [6.45, 7) is 3.37. The summed E-state index contributed by atoms with van der Waals surface area (Å²) < 4.78 is 5.42. The molecule has 0 unspecified atom stereocenters. The minimum Gasteiger partial charge on any atom is -0.339 e. The van der Waals surface area contributed by atoms with Gasteiger partial charge < -0.3 is 9.84 Å². The molecular formula is C21H32ClN3O. The number of nitrogens with one attached hydrogen (secondary N) is 1. The van der Waals surface area contributed by atoms with E-state index in [1.54, 1.807) is 0 Å². The molecule has 0 spiro atoms. The highest BCUT2D eigenvalue weighted by Gasteiger charge is 2.18. The van der Waals surface area contributed by atoms with Crippen LogP contribution in [0.15, 0.2) is 28.8 Å². The maximum absolute atomic E-state index is 5.42. The molecule has 0 bridgehead atoms. The Morgan fingerprint density at radius 1 is 1.08 bits per heavy atom. The van der Waals surface area contributed by atoms with Gasteiger partial charge in [-0.25, -0.2) is 0 Å². The van der Waals surface area contributed by atoms with Crippen LogP contribution in [0.1, 0.15) is 69.7 Å². The fraction of sp³-hybridized carbons (Fsp3) is 0.619. The van der Waals surface area contributed by atoms with E-state index in [0.29, 0.717) is 11.9 Å². The molecule has 1 saturated heterocycles. The summed E-state index contributed by atoms with van der Waals surface area (Å²) >= 11 is 0. The van der Waals surface area contributed by atoms with Crippen LogP contribution in [0.5, 0.6) is 0 Å². The van der Waals surface area contributed by atoms with Crippen LogP contribution in [0.3, 0.4) is 0 Å². The third-order valence-corrected chi connectivity index (χ3v) is 5.08. The number of nitrogens with zero attached hydrogens (tertiary/aromatic N) is 2. The highest BCUT2D eigenvalue weighted by molar-refractivity contribution is 5.85. The Bertz CT molecular complexity index is 620. The Morgan fingerprint density at radius 2 is 1.85 bits per heavy atom. The number of rotatable bonds is 10. The first kappa shape index (κ1) is 20.9. The third kappa shape index (κ3) is 6.40. The summed E-state index contributed by atoms with van der Waals surface area (Å²) in [7, 11) is 0. The van der Waals surface area contributed by atoms with Crippen molar-refractivity contribution in [1.29, 1.82) is 0 Å². The van der Waals surface area contributed by atoms with Crippen LogP contribution in [0.2, 0.25) is 0 Å². The van der Waals surface area contributed by atoms with Gasteiger partial charge in [0.1, 0.15) is 0 Å². The van der Waals surface area contributed by atoms with E-state index in [1.165, 1.54) is 56.9 Å². The molecule has 2 aromatic rings. The quantitative estimate of drug-likeness (QED) is 0.566. The van der Waals surface area contributed by atoms with Crippen molar-refractivity contribution >= 4 is 12.4 Å². The van der Waals surface area contributed by atoms with E-state index in [9.17, 15) is 0 Å². The molecule has 0 saturated carbocycles. The van der Waals surface area contributed by atoms with Crippen LogP contribution in [0.25, 0.3) is 11.4 Å². The molecule has 1 atom stereocenters. The van der Waals surface area contributed by atoms with Crippen molar-refractivity contribution in [3.05, 3.63) is 35.7 Å². The average Bonchev–Trinajstić information content (AvgIpc) is 3.31. The van der Waals surface area contributed by atoms with Crippen LogP contribution in [0.4, 0.5) is 0 Å². The van der Waals surface area contributed by atoms with Gasteiger partial charge in [-0.1, -0.05) is 68.4 Å². The Kier molecular flexibility index (Phi) is 9.13. The molecule has 1 aromatic heterocycles. The highest BCUT2D eigenvalue weighted by atomic mass is 35.5. The predicted molar refractivity (Wildman–Crippen MR) is 109 cm³/mol. The Morgan fingerprint density at radius 3 is 2.58 bits per heavy atom. The maximum atomic E-state index is 5.42. The smallest absolute Gasteiger partial charge is 0.228 e. The molecule has 2 heterocycles. The van der Waals surface area contributed by atoms with Crippen LogP contribution in [0, 0.1) is 0 Å². The van der Waals surface area contributed by atoms with E-state index in [0.717, 1.165) is 30.8 Å². The summed E-state index contributed by atoms with van der Waals surface area (Å²) in [5.41, 5.74) is 2.44. The van der Waals surface area contributed by atoms with Gasteiger partial charge in [-0.3, -0.25) is 0 Å². The predicted octanol–water partition coefficient (Wildman–Crippen LogP) is 5.36. The van der Waals surface area contributed by atoms with Crippen LogP contribution < -0.4 is 5.32 Å². The summed E-state index contributed by atoms with van der Waals surface area (Å²) in [4.78, 5) is 4.56. The highest BCUT2D eigenvalue weighted by Crippen LogP contribution is 2.19. The lowest BCUT2D eigenvalue weighted by atomic mass is 10.0. The number of aryl methyl sites for hydroxylation is 1. The number of unbranched alkanes of at least 4 members (excludes halogenated alkanes) is 5. The summed E-state index contributed by atoms with van der Waals surface area (Å²) in [5, 5.41) is 7.62. The molecular weight excluding hydrogens is 346 g/mol. The largest absolute Gasteiger partial charge is 0.339 e. The Balaban J connectivity index is 0.00000243. The van der Waals surface area contributed by atoms with Gasteiger partial charge in [0, 0.05) is 18.0 Å². The lowest BCUT2D eigenvalue weighted by Crippen LogP contribution is -2.23. The van der Waals surface area contributed by atoms with Gasteiger partial charge >= 0.3 is 0 Å². The number of halogens is 1. The van der Waals surface area contributed by atoms with Crippen molar-refractivity contribution in [3.63, 3.8) is 0 Å². The lowest BCUT2D eigenvalue weighted by molar-refractivity contribution is 0.364. The van der Waals surface area contributed by atoms with E-state index in [1.807, 2.05) is 0 Å². The lowest BCUT2D eigenvalue weighted by Gasteiger charge is -2.04. The molecule has 1 aromatic carbocycles. The van der Waals surface area contributed by atoms with Gasteiger partial charge in [-0.2, -0.15) is 4.98 Å². The van der Waals surface area contributed by atoms with Crippen LogP contribution in [-0.4, -0.2) is 22.7 Å². The number of hydrogen-bond donors (Lipinski definition) is 1. The molecule has 1 N–H and O–H groups in total. The number of hydrogen-bond acceptors (Lipinski definition) is 4. The second-order valence-corrected chi connectivity index (χ2v) is 7.22. The van der Waals surface area contributed by atoms with Gasteiger partial charge in [-0.15, -0.1) is 12.4 Å². The standard InChI is InChI=1S/C21H31N3O.ClH/c1-2-3-4-5-6-7-9-17-11-13-18(14-12-17)21-23-20(25-24-21)16-19-10-8-15-22-19;/h11-14,19,22H,2-10,15-16H2,1H3;1H/t19-;/m0./s1. The number of aromatic nitrogens is 2. The first-order valence-electron chi connectivity index (χ1n) is 10.0. The second-order valence-electron chi connectivity index (χ2n) is 7.22. The van der Waals surface area contributed by atoms with Crippen LogP contribution >= 0.6 is 12.4 Å². The topological polar surface area (TPSA) is 51.0 Å². The molecule has 0 radical (unpaired) electrons. The minimum atomic E-state index is 0. The zero-order chi connectivity index (χ0) is 17.3. The first-order chi connectivity index (χ1) is 12.3. The number of benzene rings is 1. The summed E-state index contributed by atoms with van der Waals surface area (Å²) in [5.74, 6) is 1.45. The van der Waals surface area contributed by atoms with Gasteiger partial charge in [0.05, 0.1) is 0 Å². The molecule has 3 rings (SSSR count). The van der Waals surface area contributed by atoms with E-state index in [2.05, 4.69) is 46.6 Å².